The number of benzene rings is 3. The van der Waals surface area contributed by atoms with Crippen LogP contribution in [0.15, 0.2) is 84.0 Å². The maximum Gasteiger partial charge on any atom is 0.433 e. The van der Waals surface area contributed by atoms with Gasteiger partial charge in [0.15, 0.2) is 22.3 Å². The van der Waals surface area contributed by atoms with Crippen molar-refractivity contribution in [1.29, 1.82) is 0 Å². The lowest BCUT2D eigenvalue weighted by molar-refractivity contribution is -0.141. The lowest BCUT2D eigenvalue weighted by atomic mass is 10.1. The van der Waals surface area contributed by atoms with Gasteiger partial charge in [-0.1, -0.05) is 60.3 Å². The molecule has 0 saturated carbocycles. The van der Waals surface area contributed by atoms with Crippen LogP contribution in [0, 0.1) is 0 Å². The van der Waals surface area contributed by atoms with Gasteiger partial charge in [-0.2, -0.15) is 13.2 Å². The number of nitrogens with one attached hydrogen (secondary N) is 1. The number of nitrogens with zero attached hydrogens (tertiary/aromatic N) is 3. The Labute approximate surface area is 233 Å². The molecule has 0 unspecified atom stereocenters. The van der Waals surface area contributed by atoms with Crippen LogP contribution >= 0.6 is 11.8 Å². The summed E-state index contributed by atoms with van der Waals surface area (Å²) < 4.78 is 51.4. The normalized spacial score (nSPS) is 12.3. The molecule has 2 heterocycles. The maximum absolute atomic E-state index is 13.6. The number of aromatic nitrogens is 2. The van der Waals surface area contributed by atoms with Crippen LogP contribution in [0.5, 0.6) is 11.5 Å². The third kappa shape index (κ3) is 6.84. The van der Waals surface area contributed by atoms with E-state index >= 15 is 0 Å². The molecule has 7 nitrogen and oxygen atoms in total. The topological polar surface area (TPSA) is 76.6 Å². The summed E-state index contributed by atoms with van der Waals surface area (Å²) in [5.74, 6) is 1.59. The number of hydrogen-bond acceptors (Lipinski definition) is 7. The monoisotopic (exact) mass is 566 g/mol. The number of rotatable bonds is 9. The first-order chi connectivity index (χ1) is 19.2. The molecule has 3 aromatic carbocycles. The number of alkyl halides is 3. The zero-order valence-corrected chi connectivity index (χ0v) is 22.3. The Bertz CT molecular complexity index is 1480. The van der Waals surface area contributed by atoms with E-state index in [1.807, 2.05) is 42.5 Å². The molecule has 5 rings (SSSR count). The zero-order valence-electron chi connectivity index (χ0n) is 21.4. The Morgan fingerprint density at radius 3 is 2.40 bits per heavy atom. The van der Waals surface area contributed by atoms with E-state index in [0.717, 1.165) is 34.5 Å². The molecule has 1 N–H and O–H groups in total. The summed E-state index contributed by atoms with van der Waals surface area (Å²) in [6.45, 7) is 0.903. The first-order valence-electron chi connectivity index (χ1n) is 12.3. The minimum atomic E-state index is -4.60. The van der Waals surface area contributed by atoms with Crippen molar-refractivity contribution in [3.63, 3.8) is 0 Å². The smallest absolute Gasteiger partial charge is 0.433 e. The van der Waals surface area contributed by atoms with Crippen molar-refractivity contribution in [2.45, 2.75) is 30.2 Å². The summed E-state index contributed by atoms with van der Waals surface area (Å²) in [5, 5.41) is 2.89. The molecule has 0 aliphatic carbocycles. The van der Waals surface area contributed by atoms with E-state index in [1.54, 1.807) is 42.3 Å². The van der Waals surface area contributed by atoms with Crippen molar-refractivity contribution in [3.05, 3.63) is 107 Å². The second-order valence-electron chi connectivity index (χ2n) is 9.09. The number of fused-ring (bicyclic) bond motifs is 1. The molecule has 1 aliphatic heterocycles. The van der Waals surface area contributed by atoms with E-state index < -0.39 is 11.9 Å². The van der Waals surface area contributed by atoms with Crippen LogP contribution in [0.4, 0.5) is 19.0 Å². The highest BCUT2D eigenvalue weighted by Crippen LogP contribution is 2.33. The van der Waals surface area contributed by atoms with Gasteiger partial charge < -0.3 is 19.7 Å². The van der Waals surface area contributed by atoms with E-state index in [1.165, 1.54) is 0 Å². The summed E-state index contributed by atoms with van der Waals surface area (Å²) >= 11 is 1.10. The summed E-state index contributed by atoms with van der Waals surface area (Å²) in [6.07, 6.45) is -4.60. The van der Waals surface area contributed by atoms with Gasteiger partial charge in [0.05, 0.1) is 0 Å². The third-order valence-corrected chi connectivity index (χ3v) is 7.03. The zero-order chi connectivity index (χ0) is 28.1. The molecular formula is C29H25F3N4O3S. The van der Waals surface area contributed by atoms with Crippen molar-refractivity contribution < 1.29 is 27.4 Å². The van der Waals surface area contributed by atoms with E-state index in [-0.39, 0.29) is 23.7 Å². The fourth-order valence-corrected chi connectivity index (χ4v) is 4.80. The quantitative estimate of drug-likeness (QED) is 0.194. The molecule has 0 atom stereocenters. The van der Waals surface area contributed by atoms with E-state index in [2.05, 4.69) is 15.3 Å². The summed E-state index contributed by atoms with van der Waals surface area (Å²) in [5.41, 5.74) is 2.12. The van der Waals surface area contributed by atoms with Gasteiger partial charge in [0.2, 0.25) is 6.79 Å². The highest BCUT2D eigenvalue weighted by atomic mass is 32.2. The molecule has 1 aliphatic rings. The van der Waals surface area contributed by atoms with Crippen molar-refractivity contribution in [2.75, 3.05) is 18.7 Å². The summed E-state index contributed by atoms with van der Waals surface area (Å²) in [7, 11) is 1.69. The van der Waals surface area contributed by atoms with Crippen molar-refractivity contribution in [2.24, 2.45) is 0 Å². The van der Waals surface area contributed by atoms with Gasteiger partial charge >= 0.3 is 6.18 Å². The Kier molecular flexibility index (Phi) is 8.11. The molecule has 0 radical (unpaired) electrons. The van der Waals surface area contributed by atoms with Gasteiger partial charge in [-0.05, 0) is 41.0 Å². The molecule has 0 bridgehead atoms. The van der Waals surface area contributed by atoms with Crippen molar-refractivity contribution in [3.8, 4) is 11.5 Å². The van der Waals surface area contributed by atoms with Crippen LogP contribution in [-0.2, 0) is 25.0 Å². The average Bonchev–Trinajstić information content (AvgIpc) is 3.43. The van der Waals surface area contributed by atoms with Crippen molar-refractivity contribution in [1.82, 2.24) is 15.3 Å². The molecule has 1 aromatic heterocycles. The van der Waals surface area contributed by atoms with E-state index in [4.69, 9.17) is 9.47 Å². The number of carbonyl (C=O) groups is 1. The molecular weight excluding hydrogens is 541 g/mol. The van der Waals surface area contributed by atoms with Gasteiger partial charge in [-0.15, -0.1) is 0 Å². The number of carbonyl (C=O) groups excluding carboxylic acids is 1. The third-order valence-electron chi connectivity index (χ3n) is 6.11. The first kappa shape index (κ1) is 27.3. The molecule has 4 aromatic rings. The van der Waals surface area contributed by atoms with Gasteiger partial charge in [-0.25, -0.2) is 9.97 Å². The summed E-state index contributed by atoms with van der Waals surface area (Å²) in [4.78, 5) is 22.4. The van der Waals surface area contributed by atoms with Crippen LogP contribution in [0.2, 0.25) is 0 Å². The SMILES string of the molecule is CN(Cc1ccccc1)c1cc(C(F)(F)F)nc(SCc2ccc(C(=O)NCc3ccc4c(c3)OCO4)cc2)n1. The fourth-order valence-electron chi connectivity index (χ4n) is 3.99. The Hall–Kier alpha value is -4.25. The predicted octanol–water partition coefficient (Wildman–Crippen LogP) is 6.08. The Balaban J connectivity index is 1.21. The minimum Gasteiger partial charge on any atom is -0.454 e. The average molecular weight is 567 g/mol. The van der Waals surface area contributed by atoms with Crippen LogP contribution in [0.1, 0.15) is 32.7 Å². The molecule has 40 heavy (non-hydrogen) atoms. The van der Waals surface area contributed by atoms with Crippen molar-refractivity contribution >= 4 is 23.5 Å². The highest BCUT2D eigenvalue weighted by Gasteiger charge is 2.34. The Morgan fingerprint density at radius 2 is 1.65 bits per heavy atom. The molecule has 0 spiro atoms. The van der Waals surface area contributed by atoms with Gasteiger partial charge in [0.25, 0.3) is 5.91 Å². The number of halogens is 3. The molecule has 0 fully saturated rings. The second kappa shape index (κ2) is 11.9. The van der Waals surface area contributed by atoms with Crippen LogP contribution in [-0.4, -0.2) is 29.7 Å². The Morgan fingerprint density at radius 1 is 0.925 bits per heavy atom. The number of amides is 1. The molecule has 11 heteroatoms. The fraction of sp³-hybridized carbons (Fsp3) is 0.207. The van der Waals surface area contributed by atoms with Crippen LogP contribution in [0.3, 0.4) is 0 Å². The van der Waals surface area contributed by atoms with Crippen LogP contribution < -0.4 is 19.7 Å². The number of anilines is 1. The molecule has 1 amide bonds. The molecule has 206 valence electrons. The van der Waals surface area contributed by atoms with Gasteiger partial charge in [-0.3, -0.25) is 4.79 Å². The number of thioether (sulfide) groups is 1. The number of ether oxygens (including phenoxy) is 2. The largest absolute Gasteiger partial charge is 0.454 e. The van der Waals surface area contributed by atoms with Gasteiger partial charge in [0.1, 0.15) is 5.82 Å². The summed E-state index contributed by atoms with van der Waals surface area (Å²) in [6, 6.07) is 22.8. The lowest BCUT2D eigenvalue weighted by Crippen LogP contribution is -2.22. The van der Waals surface area contributed by atoms with Crippen LogP contribution in [0.25, 0.3) is 0 Å². The maximum atomic E-state index is 13.6. The van der Waals surface area contributed by atoms with E-state index in [0.29, 0.717) is 35.9 Å². The van der Waals surface area contributed by atoms with Gasteiger partial charge in [0, 0.05) is 37.5 Å². The molecule has 0 saturated heterocycles. The predicted molar refractivity (Wildman–Crippen MR) is 145 cm³/mol. The standard InChI is InChI=1S/C29H25F3N4O3S/c1-36(16-19-5-3-2-4-6-19)26-14-25(29(30,31)32)34-28(35-26)40-17-20-7-10-22(11-8-20)27(37)33-15-21-9-12-23-24(13-21)39-18-38-23/h2-14H,15-18H2,1H3,(H,33,37). The number of hydrogen-bond donors (Lipinski definition) is 1. The second-order valence-corrected chi connectivity index (χ2v) is 10.0. The minimum absolute atomic E-state index is 0.0234. The first-order valence-corrected chi connectivity index (χ1v) is 13.3. The highest BCUT2D eigenvalue weighted by molar-refractivity contribution is 7.98. The van der Waals surface area contributed by atoms with E-state index in [9.17, 15) is 18.0 Å². The lowest BCUT2D eigenvalue weighted by Gasteiger charge is -2.20.